The summed E-state index contributed by atoms with van der Waals surface area (Å²) in [4.78, 5) is 9.74. The van der Waals surface area contributed by atoms with Crippen LogP contribution >= 0.6 is 0 Å². The fourth-order valence-corrected chi connectivity index (χ4v) is 3.88. The molecule has 1 aromatic carbocycles. The molecule has 0 fully saturated rings. The van der Waals surface area contributed by atoms with E-state index in [1.807, 2.05) is 49.7 Å². The minimum absolute atomic E-state index is 0.0442. The Balaban J connectivity index is 1.77. The van der Waals surface area contributed by atoms with Gasteiger partial charge in [-0.15, -0.1) is 0 Å². The topological polar surface area (TPSA) is 69.8 Å². The summed E-state index contributed by atoms with van der Waals surface area (Å²) < 4.78 is 55.8. The molecule has 1 N–H and O–H groups in total. The van der Waals surface area contributed by atoms with Gasteiger partial charge in [0.1, 0.15) is 24.3 Å². The third kappa shape index (κ3) is 4.66. The minimum atomic E-state index is -4.66. The van der Waals surface area contributed by atoms with Crippen molar-refractivity contribution >= 4 is 22.8 Å². The molecule has 4 rings (SSSR count). The average Bonchev–Trinajstić information content (AvgIpc) is 3.28. The van der Waals surface area contributed by atoms with Crippen molar-refractivity contribution < 1.29 is 22.4 Å². The number of fused-ring (bicyclic) bond motifs is 1. The first-order chi connectivity index (χ1) is 15.9. The van der Waals surface area contributed by atoms with Crippen LogP contribution in [0.5, 0.6) is 0 Å². The number of anilines is 2. The lowest BCUT2D eigenvalue weighted by molar-refractivity contribution is -0.783. The highest BCUT2D eigenvalue weighted by Gasteiger charge is 2.32. The van der Waals surface area contributed by atoms with Crippen LogP contribution in [-0.4, -0.2) is 39.1 Å². The number of aryl methyl sites for hydroxylation is 3. The Kier molecular flexibility index (Phi) is 5.92. The molecule has 34 heavy (non-hydrogen) atoms. The molecule has 0 aliphatic carbocycles. The van der Waals surface area contributed by atoms with Gasteiger partial charge in [-0.25, -0.2) is 9.37 Å². The molecular formula is C22H25F4N8+. The first-order valence-corrected chi connectivity index (χ1v) is 10.5. The number of alkyl halides is 3. The summed E-state index contributed by atoms with van der Waals surface area (Å²) in [5.74, 6) is 0.00495. The highest BCUT2D eigenvalue weighted by atomic mass is 19.4. The Labute approximate surface area is 193 Å². The molecule has 0 aliphatic rings. The van der Waals surface area contributed by atoms with Crippen molar-refractivity contribution in [2.45, 2.75) is 26.2 Å². The first kappa shape index (κ1) is 23.5. The Morgan fingerprint density at radius 2 is 1.82 bits per heavy atom. The number of benzene rings is 1. The molecule has 0 saturated heterocycles. The maximum atomic E-state index is 14.0. The van der Waals surface area contributed by atoms with Gasteiger partial charge in [-0.3, -0.25) is 0 Å². The van der Waals surface area contributed by atoms with Gasteiger partial charge in [-0.1, -0.05) is 4.80 Å². The molecule has 0 amide bonds. The Morgan fingerprint density at radius 3 is 2.44 bits per heavy atom. The third-order valence-corrected chi connectivity index (χ3v) is 5.56. The van der Waals surface area contributed by atoms with Gasteiger partial charge >= 0.3 is 12.1 Å². The van der Waals surface area contributed by atoms with Gasteiger partial charge < -0.3 is 14.4 Å². The fourth-order valence-electron chi connectivity index (χ4n) is 3.88. The van der Waals surface area contributed by atoms with Gasteiger partial charge in [0.05, 0.1) is 17.2 Å². The summed E-state index contributed by atoms with van der Waals surface area (Å²) in [6, 6.07) is 6.53. The number of rotatable bonds is 6. The third-order valence-electron chi connectivity index (χ3n) is 5.56. The molecule has 0 saturated carbocycles. The number of halogens is 4. The molecule has 0 radical (unpaired) electrons. The summed E-state index contributed by atoms with van der Waals surface area (Å²) in [6.45, 7) is 2.18. The number of aromatic amines is 1. The Hall–Kier alpha value is -3.70. The SMILES string of the molecule is Cc1cc2cc(CN(Cc3cc(F)cc(C(F)(F)F)c3)c3n[nH][n+](C)n3)c(N(C)C)nc2n1C. The fraction of sp³-hybridized carbons (Fsp3) is 0.364. The highest BCUT2D eigenvalue weighted by molar-refractivity contribution is 5.81. The van der Waals surface area contributed by atoms with Crippen molar-refractivity contribution in [1.82, 2.24) is 25.0 Å². The maximum absolute atomic E-state index is 14.0. The molecule has 0 unspecified atom stereocenters. The number of H-pyrrole nitrogens is 1. The van der Waals surface area contributed by atoms with Crippen molar-refractivity contribution in [2.24, 2.45) is 14.1 Å². The van der Waals surface area contributed by atoms with Crippen LogP contribution in [0.3, 0.4) is 0 Å². The largest absolute Gasteiger partial charge is 0.416 e. The standard InChI is InChI=1S/C22H24F4N8/c1-13-6-15-9-16(19(31(2)3)27-20(15)32(13)4)12-34(21-28-30-33(5)29-21)11-14-7-17(22(24,25)26)10-18(23)8-14/h6-10H,11-12H2,1-5H3/p+1. The van der Waals surface area contributed by atoms with E-state index in [1.54, 1.807) is 11.9 Å². The van der Waals surface area contributed by atoms with E-state index in [4.69, 9.17) is 4.98 Å². The van der Waals surface area contributed by atoms with Crippen LogP contribution in [0.25, 0.3) is 11.0 Å². The van der Waals surface area contributed by atoms with Crippen LogP contribution < -0.4 is 14.6 Å². The Bertz CT molecular complexity index is 1340. The van der Waals surface area contributed by atoms with E-state index >= 15 is 0 Å². The molecule has 4 aromatic rings. The number of nitrogens with one attached hydrogen (secondary N) is 1. The summed E-state index contributed by atoms with van der Waals surface area (Å²) in [7, 11) is 7.32. The van der Waals surface area contributed by atoms with E-state index in [0.29, 0.717) is 11.9 Å². The van der Waals surface area contributed by atoms with Crippen molar-refractivity contribution in [1.29, 1.82) is 0 Å². The zero-order valence-electron chi connectivity index (χ0n) is 19.4. The number of nitrogens with zero attached hydrogens (tertiary/aromatic N) is 7. The van der Waals surface area contributed by atoms with E-state index in [9.17, 15) is 17.6 Å². The zero-order valence-corrected chi connectivity index (χ0v) is 19.4. The quantitative estimate of drug-likeness (QED) is 0.341. The molecular weight excluding hydrogens is 452 g/mol. The summed E-state index contributed by atoms with van der Waals surface area (Å²) >= 11 is 0. The van der Waals surface area contributed by atoms with Crippen molar-refractivity contribution in [2.75, 3.05) is 23.9 Å². The van der Waals surface area contributed by atoms with E-state index in [0.717, 1.165) is 34.4 Å². The molecule has 3 aromatic heterocycles. The second-order valence-corrected chi connectivity index (χ2v) is 8.46. The molecule has 8 nitrogen and oxygen atoms in total. The number of hydrogen-bond donors (Lipinski definition) is 1. The predicted octanol–water partition coefficient (Wildman–Crippen LogP) is 3.26. The number of aromatic nitrogens is 6. The van der Waals surface area contributed by atoms with Gasteiger partial charge in [0, 0.05) is 49.4 Å². The molecule has 0 aliphatic heterocycles. The van der Waals surface area contributed by atoms with Crippen LogP contribution in [0.1, 0.15) is 22.4 Å². The van der Waals surface area contributed by atoms with Gasteiger partial charge in [-0.05, 0) is 48.0 Å². The average molecular weight is 477 g/mol. The second-order valence-electron chi connectivity index (χ2n) is 8.46. The first-order valence-electron chi connectivity index (χ1n) is 10.5. The zero-order chi connectivity index (χ0) is 24.8. The normalized spacial score (nSPS) is 11.9. The second kappa shape index (κ2) is 8.58. The predicted molar refractivity (Wildman–Crippen MR) is 119 cm³/mol. The van der Waals surface area contributed by atoms with E-state index in [-0.39, 0.29) is 24.6 Å². The minimum Gasteiger partial charge on any atom is -0.362 e. The van der Waals surface area contributed by atoms with Crippen LogP contribution in [0.4, 0.5) is 29.3 Å². The van der Waals surface area contributed by atoms with Gasteiger partial charge in [-0.2, -0.15) is 13.2 Å². The van der Waals surface area contributed by atoms with Crippen LogP contribution in [0, 0.1) is 12.7 Å². The summed E-state index contributed by atoms with van der Waals surface area (Å²) in [5.41, 5.74) is 1.79. The van der Waals surface area contributed by atoms with Crippen molar-refractivity contribution in [3.05, 3.63) is 58.5 Å². The van der Waals surface area contributed by atoms with Gasteiger partial charge in [0.2, 0.25) is 0 Å². The molecule has 3 heterocycles. The maximum Gasteiger partial charge on any atom is 0.416 e. The van der Waals surface area contributed by atoms with E-state index < -0.39 is 17.6 Å². The summed E-state index contributed by atoms with van der Waals surface area (Å²) in [5, 5.41) is 12.0. The number of tetrazole rings is 1. The highest BCUT2D eigenvalue weighted by Crippen LogP contribution is 2.32. The van der Waals surface area contributed by atoms with Crippen LogP contribution in [0.15, 0.2) is 30.3 Å². The lowest BCUT2D eigenvalue weighted by Gasteiger charge is -2.23. The van der Waals surface area contributed by atoms with Crippen LogP contribution in [-0.2, 0) is 33.4 Å². The molecule has 0 atom stereocenters. The summed E-state index contributed by atoms with van der Waals surface area (Å²) in [6.07, 6.45) is -4.66. The number of hydrogen-bond acceptors (Lipinski definition) is 5. The van der Waals surface area contributed by atoms with Gasteiger partial charge in [0.15, 0.2) is 0 Å². The van der Waals surface area contributed by atoms with Gasteiger partial charge in [0.25, 0.3) is 0 Å². The lowest BCUT2D eigenvalue weighted by atomic mass is 10.1. The van der Waals surface area contributed by atoms with Crippen molar-refractivity contribution in [3.8, 4) is 0 Å². The molecule has 12 heteroatoms. The monoisotopic (exact) mass is 477 g/mol. The molecule has 0 spiro atoms. The van der Waals surface area contributed by atoms with E-state index in [1.165, 1.54) is 4.80 Å². The molecule has 0 bridgehead atoms. The molecule has 180 valence electrons. The lowest BCUT2D eigenvalue weighted by Crippen LogP contribution is -2.34. The smallest absolute Gasteiger partial charge is 0.362 e. The van der Waals surface area contributed by atoms with Crippen molar-refractivity contribution in [3.63, 3.8) is 0 Å². The van der Waals surface area contributed by atoms with E-state index in [2.05, 4.69) is 15.4 Å². The Morgan fingerprint density at radius 1 is 1.09 bits per heavy atom. The number of pyridine rings is 1. The van der Waals surface area contributed by atoms with Crippen LogP contribution in [0.2, 0.25) is 0 Å².